The smallest absolute Gasteiger partial charge is 0.160 e. The lowest BCUT2D eigenvalue weighted by molar-refractivity contribution is 0.102. The molecular formula is C18H26N4O. The highest BCUT2D eigenvalue weighted by Crippen LogP contribution is 2.36. The Bertz CT molecular complexity index is 675. The molecule has 2 fully saturated rings. The molecule has 5 nitrogen and oxygen atoms in total. The van der Waals surface area contributed by atoms with Crippen molar-refractivity contribution in [2.45, 2.75) is 57.7 Å². The Morgan fingerprint density at radius 1 is 1.26 bits per heavy atom. The quantitative estimate of drug-likeness (QED) is 0.871. The molecule has 2 saturated heterocycles. The number of rotatable bonds is 3. The molecule has 2 aliphatic rings. The summed E-state index contributed by atoms with van der Waals surface area (Å²) in [6.45, 7) is 7.38. The topological polar surface area (TPSA) is 43.2 Å². The van der Waals surface area contributed by atoms with Crippen LogP contribution in [0.3, 0.4) is 0 Å². The van der Waals surface area contributed by atoms with E-state index in [1.165, 1.54) is 31.6 Å². The Morgan fingerprint density at radius 3 is 2.96 bits per heavy atom. The summed E-state index contributed by atoms with van der Waals surface area (Å²) in [5, 5.41) is 0. The first-order valence-electron chi connectivity index (χ1n) is 8.92. The number of hydrogen-bond acceptors (Lipinski definition) is 4. The number of hydrogen-bond donors (Lipinski definition) is 0. The van der Waals surface area contributed by atoms with Crippen LogP contribution in [0.4, 0.5) is 0 Å². The zero-order chi connectivity index (χ0) is 15.8. The van der Waals surface area contributed by atoms with Crippen molar-refractivity contribution in [1.82, 2.24) is 19.4 Å². The van der Waals surface area contributed by atoms with Gasteiger partial charge in [0.2, 0.25) is 0 Å². The molecule has 23 heavy (non-hydrogen) atoms. The molecule has 2 unspecified atom stereocenters. The van der Waals surface area contributed by atoms with Crippen LogP contribution >= 0.6 is 0 Å². The second kappa shape index (κ2) is 6.21. The van der Waals surface area contributed by atoms with E-state index in [0.29, 0.717) is 18.1 Å². The Balaban J connectivity index is 1.83. The van der Waals surface area contributed by atoms with Crippen molar-refractivity contribution in [3.8, 4) is 0 Å². The average Bonchev–Trinajstić information content (AvgIpc) is 3.21. The molecule has 2 atom stereocenters. The van der Waals surface area contributed by atoms with E-state index >= 15 is 0 Å². The van der Waals surface area contributed by atoms with E-state index in [0.717, 1.165) is 30.8 Å². The van der Waals surface area contributed by atoms with Gasteiger partial charge in [0.25, 0.3) is 0 Å². The number of fused-ring (bicyclic) bond motifs is 1. The minimum Gasteiger partial charge on any atom is -0.379 e. The Morgan fingerprint density at radius 2 is 2.17 bits per heavy atom. The molecule has 2 aromatic heterocycles. The normalized spacial score (nSPS) is 26.4. The van der Waals surface area contributed by atoms with E-state index in [9.17, 15) is 0 Å². The van der Waals surface area contributed by atoms with Crippen LogP contribution in [0.1, 0.15) is 57.4 Å². The summed E-state index contributed by atoms with van der Waals surface area (Å²) in [5.41, 5.74) is 2.04. The fraction of sp³-hybridized carbons (Fsp3) is 0.667. The predicted octanol–water partition coefficient (Wildman–Crippen LogP) is 3.33. The van der Waals surface area contributed by atoms with Crippen LogP contribution in [-0.2, 0) is 4.74 Å². The Kier molecular flexibility index (Phi) is 4.07. The van der Waals surface area contributed by atoms with E-state index in [4.69, 9.17) is 9.72 Å². The molecule has 4 rings (SSSR count). The molecule has 2 aliphatic heterocycles. The lowest BCUT2D eigenvalue weighted by Crippen LogP contribution is -2.40. The minimum atomic E-state index is 0.376. The maximum Gasteiger partial charge on any atom is 0.160 e. The zero-order valence-electron chi connectivity index (χ0n) is 14.1. The Labute approximate surface area is 137 Å². The fourth-order valence-electron chi connectivity index (χ4n) is 4.12. The molecule has 0 spiro atoms. The fourth-order valence-corrected chi connectivity index (χ4v) is 4.12. The number of pyridine rings is 1. The standard InChI is InChI=1S/C18H26N4O/c1-13(2)21-10-4-3-7-16(21)18-20-15-6-5-9-19-17(15)22(18)14-8-11-23-12-14/h5-6,9,13-14,16H,3-4,7-8,10-12H2,1-2H3. The molecule has 5 heteroatoms. The lowest BCUT2D eigenvalue weighted by Gasteiger charge is -2.38. The van der Waals surface area contributed by atoms with Gasteiger partial charge in [0.15, 0.2) is 5.65 Å². The summed E-state index contributed by atoms with van der Waals surface area (Å²) in [4.78, 5) is 12.3. The first kappa shape index (κ1) is 15.1. The van der Waals surface area contributed by atoms with Crippen molar-refractivity contribution in [2.75, 3.05) is 19.8 Å². The number of imidazole rings is 1. The summed E-state index contributed by atoms with van der Waals surface area (Å²) in [7, 11) is 0. The van der Waals surface area contributed by atoms with Gasteiger partial charge in [-0.3, -0.25) is 4.90 Å². The van der Waals surface area contributed by atoms with E-state index in [1.54, 1.807) is 0 Å². The molecular weight excluding hydrogens is 288 g/mol. The largest absolute Gasteiger partial charge is 0.379 e. The van der Waals surface area contributed by atoms with Crippen molar-refractivity contribution in [3.05, 3.63) is 24.2 Å². The molecule has 0 amide bonds. The van der Waals surface area contributed by atoms with Crippen LogP contribution in [0.15, 0.2) is 18.3 Å². The van der Waals surface area contributed by atoms with E-state index < -0.39 is 0 Å². The lowest BCUT2D eigenvalue weighted by atomic mass is 9.99. The molecule has 0 bridgehead atoms. The molecule has 2 aromatic rings. The first-order chi connectivity index (χ1) is 11.3. The minimum absolute atomic E-state index is 0.376. The van der Waals surface area contributed by atoms with Gasteiger partial charge in [-0.1, -0.05) is 6.42 Å². The summed E-state index contributed by atoms with van der Waals surface area (Å²) in [6.07, 6.45) is 6.70. The summed E-state index contributed by atoms with van der Waals surface area (Å²) < 4.78 is 8.04. The molecule has 4 heterocycles. The molecule has 0 N–H and O–H groups in total. The van der Waals surface area contributed by atoms with Crippen molar-refractivity contribution in [2.24, 2.45) is 0 Å². The number of piperidine rings is 1. The number of nitrogens with zero attached hydrogens (tertiary/aromatic N) is 4. The highest BCUT2D eigenvalue weighted by molar-refractivity contribution is 5.71. The second-order valence-electron chi connectivity index (χ2n) is 7.05. The first-order valence-corrected chi connectivity index (χ1v) is 8.92. The van der Waals surface area contributed by atoms with Gasteiger partial charge in [0, 0.05) is 18.8 Å². The predicted molar refractivity (Wildman–Crippen MR) is 90.4 cm³/mol. The van der Waals surface area contributed by atoms with Crippen molar-refractivity contribution in [3.63, 3.8) is 0 Å². The number of likely N-dealkylation sites (tertiary alicyclic amines) is 1. The highest BCUT2D eigenvalue weighted by Gasteiger charge is 2.33. The second-order valence-corrected chi connectivity index (χ2v) is 7.05. The SMILES string of the molecule is CC(C)N1CCCCC1c1nc2cccnc2n1C1CCOC1. The molecule has 124 valence electrons. The maximum absolute atomic E-state index is 5.66. The van der Waals surface area contributed by atoms with Crippen LogP contribution in [0.25, 0.3) is 11.2 Å². The third-order valence-corrected chi connectivity index (χ3v) is 5.25. The van der Waals surface area contributed by atoms with Crippen LogP contribution in [-0.4, -0.2) is 45.2 Å². The van der Waals surface area contributed by atoms with Crippen LogP contribution < -0.4 is 0 Å². The maximum atomic E-state index is 5.66. The van der Waals surface area contributed by atoms with Crippen LogP contribution in [0.2, 0.25) is 0 Å². The van der Waals surface area contributed by atoms with Crippen LogP contribution in [0, 0.1) is 0 Å². The van der Waals surface area contributed by atoms with Crippen molar-refractivity contribution >= 4 is 11.2 Å². The molecule has 0 aromatic carbocycles. The van der Waals surface area contributed by atoms with Gasteiger partial charge in [-0.25, -0.2) is 9.97 Å². The van der Waals surface area contributed by atoms with Gasteiger partial charge in [-0.15, -0.1) is 0 Å². The summed E-state index contributed by atoms with van der Waals surface area (Å²) in [5.74, 6) is 1.20. The van der Waals surface area contributed by atoms with Gasteiger partial charge in [0.05, 0.1) is 18.7 Å². The summed E-state index contributed by atoms with van der Waals surface area (Å²) >= 11 is 0. The highest BCUT2D eigenvalue weighted by atomic mass is 16.5. The average molecular weight is 314 g/mol. The number of aromatic nitrogens is 3. The Hall–Kier alpha value is -1.46. The van der Waals surface area contributed by atoms with Gasteiger partial charge in [0.1, 0.15) is 11.3 Å². The van der Waals surface area contributed by atoms with Crippen molar-refractivity contribution in [1.29, 1.82) is 0 Å². The van der Waals surface area contributed by atoms with Gasteiger partial charge in [-0.2, -0.15) is 0 Å². The third-order valence-electron chi connectivity index (χ3n) is 5.25. The molecule has 0 saturated carbocycles. The van der Waals surface area contributed by atoms with E-state index in [-0.39, 0.29) is 0 Å². The van der Waals surface area contributed by atoms with Crippen molar-refractivity contribution < 1.29 is 4.74 Å². The van der Waals surface area contributed by atoms with E-state index in [1.807, 2.05) is 12.3 Å². The van der Waals surface area contributed by atoms with Gasteiger partial charge < -0.3 is 9.30 Å². The number of ether oxygens (including phenoxy) is 1. The van der Waals surface area contributed by atoms with E-state index in [2.05, 4.69) is 34.4 Å². The molecule has 0 aliphatic carbocycles. The van der Waals surface area contributed by atoms with Crippen LogP contribution in [0.5, 0.6) is 0 Å². The van der Waals surface area contributed by atoms with Gasteiger partial charge >= 0.3 is 0 Å². The summed E-state index contributed by atoms with van der Waals surface area (Å²) in [6, 6.07) is 5.39. The molecule has 0 radical (unpaired) electrons. The zero-order valence-corrected chi connectivity index (χ0v) is 14.1. The van der Waals surface area contributed by atoms with Gasteiger partial charge in [-0.05, 0) is 51.8 Å². The third kappa shape index (κ3) is 2.66. The monoisotopic (exact) mass is 314 g/mol.